The van der Waals surface area contributed by atoms with Crippen molar-refractivity contribution in [1.29, 1.82) is 0 Å². The second-order valence-corrected chi connectivity index (χ2v) is 8.03. The first-order valence-electron chi connectivity index (χ1n) is 9.64. The molecule has 150 valence electrons. The van der Waals surface area contributed by atoms with Gasteiger partial charge in [0.05, 0.1) is 5.51 Å². The summed E-state index contributed by atoms with van der Waals surface area (Å²) in [7, 11) is 0. The first-order valence-corrected chi connectivity index (χ1v) is 10.6. The van der Waals surface area contributed by atoms with Crippen LogP contribution >= 0.6 is 11.3 Å². The van der Waals surface area contributed by atoms with Crippen molar-refractivity contribution in [2.24, 2.45) is 0 Å². The van der Waals surface area contributed by atoms with Gasteiger partial charge >= 0.3 is 0 Å². The highest BCUT2D eigenvalue weighted by Crippen LogP contribution is 2.28. The molecule has 1 aliphatic heterocycles. The Balaban J connectivity index is 1.16. The van der Waals surface area contributed by atoms with Crippen LogP contribution < -0.4 is 5.32 Å². The normalized spacial score (nSPS) is 13.9. The Hall–Kier alpha value is -3.52. The maximum atomic E-state index is 12.5. The number of benzene rings is 1. The molecule has 4 heterocycles. The van der Waals surface area contributed by atoms with Crippen molar-refractivity contribution in [3.8, 4) is 0 Å². The molecule has 0 unspecified atom stereocenters. The van der Waals surface area contributed by atoms with E-state index < -0.39 is 0 Å². The summed E-state index contributed by atoms with van der Waals surface area (Å²) in [6, 6.07) is 11.5. The number of aromatic nitrogens is 3. The summed E-state index contributed by atoms with van der Waals surface area (Å²) >= 11 is 1.42. The first kappa shape index (κ1) is 18.5. The molecule has 3 aromatic heterocycles. The quantitative estimate of drug-likeness (QED) is 0.541. The van der Waals surface area contributed by atoms with Gasteiger partial charge < -0.3 is 14.6 Å². The van der Waals surface area contributed by atoms with E-state index in [0.717, 1.165) is 16.8 Å². The molecule has 7 nitrogen and oxygen atoms in total. The molecule has 0 spiro atoms. The van der Waals surface area contributed by atoms with Crippen LogP contribution in [0.4, 0.5) is 0 Å². The summed E-state index contributed by atoms with van der Waals surface area (Å²) < 4.78 is 1.93. The van der Waals surface area contributed by atoms with Crippen molar-refractivity contribution in [3.63, 3.8) is 0 Å². The number of hydrogen-bond acceptors (Lipinski definition) is 5. The van der Waals surface area contributed by atoms with E-state index in [1.807, 2.05) is 53.2 Å². The predicted molar refractivity (Wildman–Crippen MR) is 114 cm³/mol. The van der Waals surface area contributed by atoms with Gasteiger partial charge in [-0.1, -0.05) is 12.1 Å². The zero-order valence-electron chi connectivity index (χ0n) is 16.1. The topological polar surface area (TPSA) is 79.6 Å². The largest absolute Gasteiger partial charge is 0.348 e. The van der Waals surface area contributed by atoms with Crippen LogP contribution in [0.1, 0.15) is 37.9 Å². The van der Waals surface area contributed by atoms with E-state index >= 15 is 0 Å². The average Bonchev–Trinajstić information content (AvgIpc) is 3.43. The summed E-state index contributed by atoms with van der Waals surface area (Å²) in [4.78, 5) is 34.9. The van der Waals surface area contributed by atoms with Gasteiger partial charge in [-0.15, -0.1) is 11.3 Å². The highest BCUT2D eigenvalue weighted by molar-refractivity contribution is 7.07. The number of pyridine rings is 1. The SMILES string of the molecule is O=C(NCc1ccn2ccnc2c1)c1ccc(C2CN(C(=O)c3cscn3)C2)cc1. The molecule has 4 aromatic rings. The fourth-order valence-electron chi connectivity index (χ4n) is 3.59. The minimum Gasteiger partial charge on any atom is -0.348 e. The van der Waals surface area contributed by atoms with E-state index in [4.69, 9.17) is 0 Å². The fourth-order valence-corrected chi connectivity index (χ4v) is 4.11. The molecule has 0 saturated carbocycles. The van der Waals surface area contributed by atoms with E-state index in [0.29, 0.717) is 36.8 Å². The van der Waals surface area contributed by atoms with E-state index in [-0.39, 0.29) is 11.8 Å². The summed E-state index contributed by atoms with van der Waals surface area (Å²) in [6.07, 6.45) is 5.56. The lowest BCUT2D eigenvalue weighted by molar-refractivity contribution is 0.0597. The number of likely N-dealkylation sites (tertiary alicyclic amines) is 1. The molecule has 0 radical (unpaired) electrons. The molecule has 0 bridgehead atoms. The number of carbonyl (C=O) groups is 2. The minimum atomic E-state index is -0.112. The smallest absolute Gasteiger partial charge is 0.273 e. The van der Waals surface area contributed by atoms with Crippen LogP contribution in [0.2, 0.25) is 0 Å². The Morgan fingerprint density at radius 3 is 2.70 bits per heavy atom. The Kier molecular flexibility index (Phi) is 4.76. The Labute approximate surface area is 177 Å². The van der Waals surface area contributed by atoms with E-state index in [9.17, 15) is 9.59 Å². The minimum absolute atomic E-state index is 0.0166. The number of carbonyl (C=O) groups excluding carboxylic acids is 2. The van der Waals surface area contributed by atoms with Crippen LogP contribution in [0, 0.1) is 0 Å². The molecule has 5 rings (SSSR count). The molecule has 1 aliphatic rings. The number of nitrogens with one attached hydrogen (secondary N) is 1. The number of hydrogen-bond donors (Lipinski definition) is 1. The molecule has 2 amide bonds. The zero-order chi connectivity index (χ0) is 20.5. The number of fused-ring (bicyclic) bond motifs is 1. The zero-order valence-corrected chi connectivity index (χ0v) is 16.9. The summed E-state index contributed by atoms with van der Waals surface area (Å²) in [5.41, 5.74) is 5.79. The number of imidazole rings is 1. The van der Waals surface area contributed by atoms with Gasteiger partial charge in [0.15, 0.2) is 0 Å². The fraction of sp³-hybridized carbons (Fsp3) is 0.182. The second kappa shape index (κ2) is 7.72. The second-order valence-electron chi connectivity index (χ2n) is 7.31. The van der Waals surface area contributed by atoms with Gasteiger partial charge in [0.25, 0.3) is 11.8 Å². The lowest BCUT2D eigenvalue weighted by atomic mass is 9.90. The van der Waals surface area contributed by atoms with Crippen LogP contribution in [0.3, 0.4) is 0 Å². The van der Waals surface area contributed by atoms with Gasteiger partial charge in [-0.05, 0) is 35.4 Å². The van der Waals surface area contributed by atoms with Gasteiger partial charge in [0.1, 0.15) is 11.3 Å². The van der Waals surface area contributed by atoms with Crippen LogP contribution in [0.15, 0.2) is 65.9 Å². The number of nitrogens with zero attached hydrogens (tertiary/aromatic N) is 4. The molecule has 0 aliphatic carbocycles. The maximum absolute atomic E-state index is 12.5. The highest BCUT2D eigenvalue weighted by Gasteiger charge is 2.32. The third-order valence-corrected chi connectivity index (χ3v) is 5.97. The van der Waals surface area contributed by atoms with E-state index in [1.165, 1.54) is 11.3 Å². The molecular weight excluding hydrogens is 398 g/mol. The average molecular weight is 417 g/mol. The van der Waals surface area contributed by atoms with Crippen molar-refractivity contribution in [2.45, 2.75) is 12.5 Å². The van der Waals surface area contributed by atoms with Crippen molar-refractivity contribution in [3.05, 3.63) is 88.3 Å². The standard InChI is InChI=1S/C22H19N5O2S/c28-21(24-10-15-5-7-26-8-6-23-20(26)9-15)17-3-1-16(2-4-17)18-11-27(12-18)22(29)19-13-30-14-25-19/h1-9,13-14,18H,10-12H2,(H,24,28). The third-order valence-electron chi connectivity index (χ3n) is 5.38. The van der Waals surface area contributed by atoms with Gasteiger partial charge in [-0.2, -0.15) is 0 Å². The van der Waals surface area contributed by atoms with Crippen LogP contribution in [0.5, 0.6) is 0 Å². The van der Waals surface area contributed by atoms with E-state index in [2.05, 4.69) is 15.3 Å². The van der Waals surface area contributed by atoms with Crippen molar-refractivity contribution in [1.82, 2.24) is 24.6 Å². The third kappa shape index (κ3) is 3.57. The highest BCUT2D eigenvalue weighted by atomic mass is 32.1. The summed E-state index contributed by atoms with van der Waals surface area (Å²) in [6.45, 7) is 1.80. The molecular formula is C22H19N5O2S. The molecule has 1 saturated heterocycles. The molecule has 0 atom stereocenters. The van der Waals surface area contributed by atoms with Crippen LogP contribution in [-0.4, -0.2) is 44.2 Å². The van der Waals surface area contributed by atoms with Gasteiger partial charge in [-0.3, -0.25) is 9.59 Å². The first-order chi connectivity index (χ1) is 14.7. The molecule has 1 fully saturated rings. The van der Waals surface area contributed by atoms with Gasteiger partial charge in [-0.25, -0.2) is 9.97 Å². The Bertz CT molecular complexity index is 1190. The Morgan fingerprint density at radius 2 is 1.93 bits per heavy atom. The number of amides is 2. The lowest BCUT2D eigenvalue weighted by Crippen LogP contribution is -2.48. The summed E-state index contributed by atoms with van der Waals surface area (Å²) in [5, 5.41) is 4.73. The maximum Gasteiger partial charge on any atom is 0.273 e. The Morgan fingerprint density at radius 1 is 1.10 bits per heavy atom. The molecule has 1 aromatic carbocycles. The van der Waals surface area contributed by atoms with Gasteiger partial charge in [0, 0.05) is 55.1 Å². The number of thiazole rings is 1. The number of rotatable bonds is 5. The van der Waals surface area contributed by atoms with Crippen molar-refractivity contribution < 1.29 is 9.59 Å². The summed E-state index contributed by atoms with van der Waals surface area (Å²) in [5.74, 6) is 0.168. The van der Waals surface area contributed by atoms with Crippen LogP contribution in [-0.2, 0) is 6.54 Å². The molecule has 30 heavy (non-hydrogen) atoms. The van der Waals surface area contributed by atoms with Crippen LogP contribution in [0.25, 0.3) is 5.65 Å². The molecule has 8 heteroatoms. The van der Waals surface area contributed by atoms with Crippen molar-refractivity contribution in [2.75, 3.05) is 13.1 Å². The van der Waals surface area contributed by atoms with Gasteiger partial charge in [0.2, 0.25) is 0 Å². The van der Waals surface area contributed by atoms with Crippen molar-refractivity contribution >= 4 is 28.8 Å². The lowest BCUT2D eigenvalue weighted by Gasteiger charge is -2.39. The predicted octanol–water partition coefficient (Wildman–Crippen LogP) is 2.96. The monoisotopic (exact) mass is 417 g/mol. The van der Waals surface area contributed by atoms with E-state index in [1.54, 1.807) is 22.0 Å². The molecule has 1 N–H and O–H groups in total.